The Labute approximate surface area is 161 Å². The number of hydrogen-bond acceptors (Lipinski definition) is 4. The predicted octanol–water partition coefficient (Wildman–Crippen LogP) is 1.42. The summed E-state index contributed by atoms with van der Waals surface area (Å²) in [6, 6.07) is 11.0. The van der Waals surface area contributed by atoms with Gasteiger partial charge in [-0.15, -0.1) is 0 Å². The smallest absolute Gasteiger partial charge is 0.270 e. The van der Waals surface area contributed by atoms with E-state index in [0.717, 1.165) is 16.6 Å². The van der Waals surface area contributed by atoms with Crippen molar-refractivity contribution < 1.29 is 14.3 Å². The van der Waals surface area contributed by atoms with Crippen LogP contribution in [0.5, 0.6) is 0 Å². The number of amides is 2. The molecule has 0 saturated carbocycles. The van der Waals surface area contributed by atoms with Crippen molar-refractivity contribution in [2.75, 3.05) is 32.8 Å². The van der Waals surface area contributed by atoms with Crippen LogP contribution in [0.3, 0.4) is 0 Å². The van der Waals surface area contributed by atoms with Crippen LogP contribution in [0.2, 0.25) is 0 Å². The Morgan fingerprint density at radius 3 is 2.75 bits per heavy atom. The number of nitrogens with one attached hydrogen (secondary N) is 1. The maximum atomic E-state index is 13.2. The number of para-hydroxylation sites is 1. The highest BCUT2D eigenvalue weighted by atomic mass is 16.5. The van der Waals surface area contributed by atoms with Crippen molar-refractivity contribution >= 4 is 22.7 Å². The summed E-state index contributed by atoms with van der Waals surface area (Å²) in [4.78, 5) is 33.0. The molecular formula is C20H21N5O3. The second kappa shape index (κ2) is 6.79. The number of H-pyrrole nitrogens is 1. The minimum atomic E-state index is -0.509. The molecule has 0 spiro atoms. The van der Waals surface area contributed by atoms with E-state index in [1.165, 1.54) is 0 Å². The third-order valence-electron chi connectivity index (χ3n) is 5.45. The van der Waals surface area contributed by atoms with Gasteiger partial charge in [-0.1, -0.05) is 18.2 Å². The lowest BCUT2D eigenvalue weighted by Crippen LogP contribution is -2.50. The van der Waals surface area contributed by atoms with Gasteiger partial charge in [0.1, 0.15) is 11.7 Å². The number of rotatable bonds is 2. The Morgan fingerprint density at radius 1 is 1.11 bits per heavy atom. The van der Waals surface area contributed by atoms with Crippen molar-refractivity contribution in [1.29, 1.82) is 0 Å². The van der Waals surface area contributed by atoms with E-state index in [9.17, 15) is 9.59 Å². The van der Waals surface area contributed by atoms with Crippen LogP contribution < -0.4 is 0 Å². The Morgan fingerprint density at radius 2 is 1.93 bits per heavy atom. The molecule has 8 nitrogen and oxygen atoms in total. The van der Waals surface area contributed by atoms with E-state index < -0.39 is 6.04 Å². The predicted molar refractivity (Wildman–Crippen MR) is 102 cm³/mol. The summed E-state index contributed by atoms with van der Waals surface area (Å²) in [7, 11) is 0. The maximum absolute atomic E-state index is 13.2. The van der Waals surface area contributed by atoms with E-state index in [0.29, 0.717) is 45.1 Å². The van der Waals surface area contributed by atoms with Gasteiger partial charge in [-0.05, 0) is 18.2 Å². The minimum absolute atomic E-state index is 0.0117. The molecule has 5 rings (SSSR count). The van der Waals surface area contributed by atoms with Crippen molar-refractivity contribution in [1.82, 2.24) is 24.6 Å². The second-order valence-corrected chi connectivity index (χ2v) is 7.18. The van der Waals surface area contributed by atoms with Gasteiger partial charge >= 0.3 is 0 Å². The SMILES string of the molecule is O=C(c1cc2ccccc2[nH]1)N1Cc2ccnn2C(C(=O)N2CCOCC2)C1. The number of aromatic amines is 1. The van der Waals surface area contributed by atoms with Crippen LogP contribution in [0.25, 0.3) is 10.9 Å². The molecule has 1 fully saturated rings. The molecule has 2 amide bonds. The summed E-state index contributed by atoms with van der Waals surface area (Å²) >= 11 is 0. The number of ether oxygens (including phenoxy) is 1. The number of carbonyl (C=O) groups excluding carboxylic acids is 2. The summed E-state index contributed by atoms with van der Waals surface area (Å²) in [5, 5.41) is 5.34. The molecule has 2 aliphatic heterocycles. The van der Waals surface area contributed by atoms with Crippen LogP contribution in [0.15, 0.2) is 42.6 Å². The van der Waals surface area contributed by atoms with Crippen LogP contribution in [-0.4, -0.2) is 69.2 Å². The zero-order valence-electron chi connectivity index (χ0n) is 15.4. The lowest BCUT2D eigenvalue weighted by Gasteiger charge is -2.36. The quantitative estimate of drug-likeness (QED) is 0.730. The van der Waals surface area contributed by atoms with E-state index in [2.05, 4.69) is 10.1 Å². The van der Waals surface area contributed by atoms with Crippen molar-refractivity contribution in [2.45, 2.75) is 12.6 Å². The Bertz CT molecular complexity index is 1000. The van der Waals surface area contributed by atoms with Gasteiger partial charge < -0.3 is 19.5 Å². The summed E-state index contributed by atoms with van der Waals surface area (Å²) in [5.74, 6) is -0.120. The molecular weight excluding hydrogens is 358 g/mol. The van der Waals surface area contributed by atoms with E-state index in [1.807, 2.05) is 36.4 Å². The first-order chi connectivity index (χ1) is 13.7. The molecule has 1 N–H and O–H groups in total. The van der Waals surface area contributed by atoms with Crippen LogP contribution in [0, 0.1) is 0 Å². The zero-order chi connectivity index (χ0) is 19.1. The van der Waals surface area contributed by atoms with Crippen LogP contribution in [-0.2, 0) is 16.1 Å². The van der Waals surface area contributed by atoms with Gasteiger partial charge in [0.2, 0.25) is 5.91 Å². The number of fused-ring (bicyclic) bond motifs is 2. The highest BCUT2D eigenvalue weighted by molar-refractivity contribution is 5.98. The second-order valence-electron chi connectivity index (χ2n) is 7.18. The zero-order valence-corrected chi connectivity index (χ0v) is 15.4. The minimum Gasteiger partial charge on any atom is -0.378 e. The monoisotopic (exact) mass is 379 g/mol. The van der Waals surface area contributed by atoms with Crippen molar-refractivity contribution in [3.8, 4) is 0 Å². The molecule has 1 aromatic carbocycles. The number of morpholine rings is 1. The average molecular weight is 379 g/mol. The van der Waals surface area contributed by atoms with Gasteiger partial charge in [-0.25, -0.2) is 0 Å². The fourth-order valence-corrected chi connectivity index (χ4v) is 3.98. The van der Waals surface area contributed by atoms with Gasteiger partial charge in [0, 0.05) is 30.2 Å². The molecule has 3 aromatic rings. The number of aromatic nitrogens is 3. The standard InChI is InChI=1S/C20H21N5O3/c26-19(17-11-14-3-1-2-4-16(14)22-17)24-12-15-5-6-21-25(15)18(13-24)20(27)23-7-9-28-10-8-23/h1-6,11,18,22H,7-10,12-13H2. The van der Waals surface area contributed by atoms with E-state index in [4.69, 9.17) is 4.74 Å². The van der Waals surface area contributed by atoms with E-state index in [1.54, 1.807) is 20.7 Å². The van der Waals surface area contributed by atoms with Gasteiger partial charge in [-0.3, -0.25) is 14.3 Å². The largest absolute Gasteiger partial charge is 0.378 e. The lowest BCUT2D eigenvalue weighted by atomic mass is 10.1. The summed E-state index contributed by atoms with van der Waals surface area (Å²) in [6.45, 7) is 2.97. The summed E-state index contributed by atoms with van der Waals surface area (Å²) in [6.07, 6.45) is 1.69. The first-order valence-electron chi connectivity index (χ1n) is 9.46. The van der Waals surface area contributed by atoms with Gasteiger partial charge in [-0.2, -0.15) is 5.10 Å². The number of benzene rings is 1. The summed E-state index contributed by atoms with van der Waals surface area (Å²) in [5.41, 5.74) is 2.32. The molecule has 0 aliphatic carbocycles. The van der Waals surface area contributed by atoms with Crippen LogP contribution >= 0.6 is 0 Å². The molecule has 2 aliphatic rings. The third kappa shape index (κ3) is 2.86. The number of carbonyl (C=O) groups is 2. The van der Waals surface area contributed by atoms with Crippen molar-refractivity contribution in [3.05, 3.63) is 54.0 Å². The molecule has 0 bridgehead atoms. The Hall–Kier alpha value is -3.13. The molecule has 28 heavy (non-hydrogen) atoms. The van der Waals surface area contributed by atoms with Crippen molar-refractivity contribution in [2.24, 2.45) is 0 Å². The van der Waals surface area contributed by atoms with Crippen LogP contribution in [0.1, 0.15) is 22.2 Å². The topological polar surface area (TPSA) is 83.5 Å². The van der Waals surface area contributed by atoms with Crippen molar-refractivity contribution in [3.63, 3.8) is 0 Å². The fourth-order valence-electron chi connectivity index (χ4n) is 3.98. The van der Waals surface area contributed by atoms with Crippen LogP contribution in [0.4, 0.5) is 0 Å². The lowest BCUT2D eigenvalue weighted by molar-refractivity contribution is -0.140. The Balaban J connectivity index is 1.43. The highest BCUT2D eigenvalue weighted by Crippen LogP contribution is 2.25. The number of nitrogens with zero attached hydrogens (tertiary/aromatic N) is 4. The van der Waals surface area contributed by atoms with E-state index >= 15 is 0 Å². The highest BCUT2D eigenvalue weighted by Gasteiger charge is 2.36. The molecule has 2 aromatic heterocycles. The summed E-state index contributed by atoms with van der Waals surface area (Å²) < 4.78 is 7.11. The molecule has 144 valence electrons. The molecule has 8 heteroatoms. The molecule has 1 unspecified atom stereocenters. The average Bonchev–Trinajstić information content (AvgIpc) is 3.39. The first-order valence-corrected chi connectivity index (χ1v) is 9.46. The maximum Gasteiger partial charge on any atom is 0.270 e. The third-order valence-corrected chi connectivity index (χ3v) is 5.45. The first kappa shape index (κ1) is 17.0. The van der Waals surface area contributed by atoms with Gasteiger partial charge in [0.15, 0.2) is 0 Å². The Kier molecular flexibility index (Phi) is 4.12. The fraction of sp³-hybridized carbons (Fsp3) is 0.350. The van der Waals surface area contributed by atoms with Gasteiger partial charge in [0.25, 0.3) is 5.91 Å². The van der Waals surface area contributed by atoms with Gasteiger partial charge in [0.05, 0.1) is 32.0 Å². The molecule has 0 radical (unpaired) electrons. The molecule has 1 saturated heterocycles. The normalized spacial score (nSPS) is 19.6. The molecule has 1 atom stereocenters. The molecule has 4 heterocycles. The number of hydrogen-bond donors (Lipinski definition) is 1. The van der Waals surface area contributed by atoms with E-state index in [-0.39, 0.29) is 11.8 Å².